The summed E-state index contributed by atoms with van der Waals surface area (Å²) in [6.45, 7) is 2.80. The van der Waals surface area contributed by atoms with Crippen LogP contribution in [0, 0.1) is 0 Å². The second-order valence-electron chi connectivity index (χ2n) is 3.94. The molecule has 1 heterocycles. The minimum absolute atomic E-state index is 0.575. The summed E-state index contributed by atoms with van der Waals surface area (Å²) in [4.78, 5) is 0. The van der Waals surface area contributed by atoms with Crippen molar-refractivity contribution < 1.29 is 4.74 Å². The van der Waals surface area contributed by atoms with Crippen LogP contribution in [-0.2, 0) is 24.4 Å². The summed E-state index contributed by atoms with van der Waals surface area (Å²) in [5, 5.41) is 0. The average Bonchev–Trinajstić information content (AvgIpc) is 2.83. The molecule has 0 bridgehead atoms. The molecule has 0 fully saturated rings. The Bertz CT molecular complexity index is 436. The van der Waals surface area contributed by atoms with Crippen LogP contribution in [0.25, 0.3) is 0 Å². The molecule has 1 aromatic heterocycles. The SMILES string of the molecule is NCc1cccn1CCOCc1ccccc1. The molecule has 3 nitrogen and oxygen atoms in total. The molecule has 0 radical (unpaired) electrons. The van der Waals surface area contributed by atoms with Gasteiger partial charge >= 0.3 is 0 Å². The van der Waals surface area contributed by atoms with Crippen molar-refractivity contribution in [3.8, 4) is 0 Å². The molecule has 2 rings (SSSR count). The summed E-state index contributed by atoms with van der Waals surface area (Å²) in [6.07, 6.45) is 2.04. The lowest BCUT2D eigenvalue weighted by Crippen LogP contribution is -2.10. The first kappa shape index (κ1) is 11.9. The summed E-state index contributed by atoms with van der Waals surface area (Å²) in [5.74, 6) is 0. The molecule has 1 aromatic carbocycles. The monoisotopic (exact) mass is 230 g/mol. The van der Waals surface area contributed by atoms with Crippen molar-refractivity contribution in [2.75, 3.05) is 6.61 Å². The van der Waals surface area contributed by atoms with Gasteiger partial charge in [-0.15, -0.1) is 0 Å². The predicted molar refractivity (Wildman–Crippen MR) is 68.4 cm³/mol. The van der Waals surface area contributed by atoms with Gasteiger partial charge < -0.3 is 15.0 Å². The first-order valence-corrected chi connectivity index (χ1v) is 5.86. The van der Waals surface area contributed by atoms with Crippen LogP contribution in [0.15, 0.2) is 48.7 Å². The number of nitrogens with two attached hydrogens (primary N) is 1. The van der Waals surface area contributed by atoms with Crippen LogP contribution in [0.4, 0.5) is 0 Å². The summed E-state index contributed by atoms with van der Waals surface area (Å²) >= 11 is 0. The van der Waals surface area contributed by atoms with Gasteiger partial charge in [0.15, 0.2) is 0 Å². The molecule has 0 saturated heterocycles. The van der Waals surface area contributed by atoms with Gasteiger partial charge in [0, 0.05) is 25.0 Å². The van der Waals surface area contributed by atoms with E-state index in [2.05, 4.69) is 16.7 Å². The van der Waals surface area contributed by atoms with Gasteiger partial charge in [-0.05, 0) is 17.7 Å². The highest BCUT2D eigenvalue weighted by Crippen LogP contribution is 2.03. The van der Waals surface area contributed by atoms with E-state index in [1.165, 1.54) is 5.56 Å². The Kier molecular flexibility index (Phi) is 4.36. The van der Waals surface area contributed by atoms with Gasteiger partial charge in [-0.3, -0.25) is 0 Å². The highest BCUT2D eigenvalue weighted by Gasteiger charge is 1.98. The Balaban J connectivity index is 1.73. The Morgan fingerprint density at radius 1 is 1.06 bits per heavy atom. The topological polar surface area (TPSA) is 40.2 Å². The molecule has 17 heavy (non-hydrogen) atoms. The number of hydrogen-bond acceptors (Lipinski definition) is 2. The number of ether oxygens (including phenoxy) is 1. The van der Waals surface area contributed by atoms with Gasteiger partial charge in [0.25, 0.3) is 0 Å². The van der Waals surface area contributed by atoms with Crippen molar-refractivity contribution in [2.24, 2.45) is 5.73 Å². The maximum absolute atomic E-state index is 5.63. The predicted octanol–water partition coefficient (Wildman–Crippen LogP) is 2.16. The van der Waals surface area contributed by atoms with Crippen LogP contribution >= 0.6 is 0 Å². The first-order valence-electron chi connectivity index (χ1n) is 5.86. The third kappa shape index (κ3) is 3.44. The number of hydrogen-bond donors (Lipinski definition) is 1. The molecule has 2 aromatic rings. The van der Waals surface area contributed by atoms with Crippen LogP contribution < -0.4 is 5.73 Å². The lowest BCUT2D eigenvalue weighted by Gasteiger charge is -2.08. The van der Waals surface area contributed by atoms with Crippen LogP contribution in [0.3, 0.4) is 0 Å². The van der Waals surface area contributed by atoms with Crippen molar-refractivity contribution >= 4 is 0 Å². The molecule has 0 unspecified atom stereocenters. The third-order valence-electron chi connectivity index (χ3n) is 2.72. The lowest BCUT2D eigenvalue weighted by atomic mass is 10.2. The van der Waals surface area contributed by atoms with Crippen molar-refractivity contribution in [3.05, 3.63) is 59.9 Å². The molecule has 0 atom stereocenters. The third-order valence-corrected chi connectivity index (χ3v) is 2.72. The highest BCUT2D eigenvalue weighted by molar-refractivity contribution is 5.13. The van der Waals surface area contributed by atoms with Gasteiger partial charge in [0.1, 0.15) is 0 Å². The zero-order chi connectivity index (χ0) is 11.9. The average molecular weight is 230 g/mol. The quantitative estimate of drug-likeness (QED) is 0.772. The van der Waals surface area contributed by atoms with E-state index < -0.39 is 0 Å². The van der Waals surface area contributed by atoms with E-state index in [0.717, 1.165) is 12.2 Å². The molecule has 0 saturated carbocycles. The number of rotatable bonds is 6. The largest absolute Gasteiger partial charge is 0.375 e. The van der Waals surface area contributed by atoms with Crippen LogP contribution in [0.5, 0.6) is 0 Å². The van der Waals surface area contributed by atoms with E-state index in [1.807, 2.05) is 36.5 Å². The standard InChI is InChI=1S/C14H18N2O/c15-11-14-7-4-8-16(14)9-10-17-12-13-5-2-1-3-6-13/h1-8H,9-12,15H2. The highest BCUT2D eigenvalue weighted by atomic mass is 16.5. The Morgan fingerprint density at radius 3 is 2.65 bits per heavy atom. The minimum atomic E-state index is 0.575. The molecule has 0 aliphatic heterocycles. The van der Waals surface area contributed by atoms with Crippen LogP contribution in [-0.4, -0.2) is 11.2 Å². The molecule has 0 amide bonds. The fraction of sp³-hybridized carbons (Fsp3) is 0.286. The summed E-state index contributed by atoms with van der Waals surface area (Å²) < 4.78 is 7.76. The number of aromatic nitrogens is 1. The Labute approximate surface area is 102 Å². The van der Waals surface area contributed by atoms with Gasteiger partial charge in [-0.2, -0.15) is 0 Å². The van der Waals surface area contributed by atoms with Crippen molar-refractivity contribution in [1.82, 2.24) is 4.57 Å². The normalized spacial score (nSPS) is 10.6. The molecule has 3 heteroatoms. The second kappa shape index (κ2) is 6.23. The van der Waals surface area contributed by atoms with E-state index in [1.54, 1.807) is 0 Å². The zero-order valence-corrected chi connectivity index (χ0v) is 9.88. The van der Waals surface area contributed by atoms with Crippen molar-refractivity contribution in [2.45, 2.75) is 19.7 Å². The van der Waals surface area contributed by atoms with Gasteiger partial charge in [0.05, 0.1) is 13.2 Å². The maximum atomic E-state index is 5.63. The van der Waals surface area contributed by atoms with Gasteiger partial charge in [-0.1, -0.05) is 30.3 Å². The van der Waals surface area contributed by atoms with Crippen molar-refractivity contribution in [3.63, 3.8) is 0 Å². The number of benzene rings is 1. The fourth-order valence-corrected chi connectivity index (χ4v) is 1.78. The molecular formula is C14H18N2O. The Morgan fingerprint density at radius 2 is 1.88 bits per heavy atom. The molecule has 0 aliphatic rings. The summed E-state index contributed by atoms with van der Waals surface area (Å²) in [6, 6.07) is 14.3. The van der Waals surface area contributed by atoms with Gasteiger partial charge in [-0.25, -0.2) is 0 Å². The Hall–Kier alpha value is -1.58. The summed E-state index contributed by atoms with van der Waals surface area (Å²) in [7, 11) is 0. The van der Waals surface area contributed by atoms with E-state index >= 15 is 0 Å². The smallest absolute Gasteiger partial charge is 0.0717 e. The minimum Gasteiger partial charge on any atom is -0.375 e. The molecule has 0 spiro atoms. The second-order valence-corrected chi connectivity index (χ2v) is 3.94. The first-order chi connectivity index (χ1) is 8.40. The fourth-order valence-electron chi connectivity index (χ4n) is 1.78. The summed E-state index contributed by atoms with van der Waals surface area (Å²) in [5.41, 5.74) is 7.98. The zero-order valence-electron chi connectivity index (χ0n) is 9.88. The van der Waals surface area contributed by atoms with Crippen LogP contribution in [0.1, 0.15) is 11.3 Å². The lowest BCUT2D eigenvalue weighted by molar-refractivity contribution is 0.113. The maximum Gasteiger partial charge on any atom is 0.0717 e. The van der Waals surface area contributed by atoms with E-state index in [0.29, 0.717) is 19.8 Å². The van der Waals surface area contributed by atoms with Crippen LogP contribution in [0.2, 0.25) is 0 Å². The molecule has 0 aliphatic carbocycles. The van der Waals surface area contributed by atoms with E-state index in [9.17, 15) is 0 Å². The van der Waals surface area contributed by atoms with Gasteiger partial charge in [0.2, 0.25) is 0 Å². The molecular weight excluding hydrogens is 212 g/mol. The molecule has 90 valence electrons. The van der Waals surface area contributed by atoms with E-state index in [4.69, 9.17) is 10.5 Å². The molecule has 2 N–H and O–H groups in total. The van der Waals surface area contributed by atoms with Crippen molar-refractivity contribution in [1.29, 1.82) is 0 Å². The van der Waals surface area contributed by atoms with E-state index in [-0.39, 0.29) is 0 Å². The number of nitrogens with zero attached hydrogens (tertiary/aromatic N) is 1.